The molecule has 0 spiro atoms. The van der Waals surface area contributed by atoms with E-state index in [0.717, 1.165) is 0 Å². The van der Waals surface area contributed by atoms with E-state index in [4.69, 9.17) is 25.8 Å². The third kappa shape index (κ3) is 6.86. The van der Waals surface area contributed by atoms with Crippen LogP contribution in [0.4, 0.5) is 17.1 Å². The lowest BCUT2D eigenvalue weighted by Crippen LogP contribution is -2.22. The van der Waals surface area contributed by atoms with Crippen molar-refractivity contribution in [2.24, 2.45) is 5.10 Å². The second kappa shape index (κ2) is 12.5. The molecule has 0 heterocycles. The second-order valence-corrected chi connectivity index (χ2v) is 10.2. The van der Waals surface area contributed by atoms with Gasteiger partial charge in [-0.15, -0.1) is 0 Å². The highest BCUT2D eigenvalue weighted by Crippen LogP contribution is 2.32. The molecule has 3 aromatic carbocycles. The number of ether oxygens (including phenoxy) is 3. The fraction of sp³-hybridized carbons (Fsp3) is 0.125. The van der Waals surface area contributed by atoms with Gasteiger partial charge in [-0.3, -0.25) is 14.9 Å². The second-order valence-electron chi connectivity index (χ2n) is 7.31. The van der Waals surface area contributed by atoms with E-state index in [1.807, 2.05) is 0 Å². The number of nitriles is 1. The van der Waals surface area contributed by atoms with Crippen molar-refractivity contribution in [1.29, 1.82) is 5.26 Å². The van der Waals surface area contributed by atoms with Gasteiger partial charge in [0.15, 0.2) is 0 Å². The first kappa shape index (κ1) is 28.6. The molecule has 0 unspecified atom stereocenters. The highest BCUT2D eigenvalue weighted by atomic mass is 79.9. The summed E-state index contributed by atoms with van der Waals surface area (Å²) in [6.45, 7) is 0. The van der Waals surface area contributed by atoms with Crippen LogP contribution in [-0.4, -0.2) is 41.4 Å². The number of benzene rings is 3. The molecule has 0 radical (unpaired) electrons. The third-order valence-corrected chi connectivity index (χ3v) is 7.20. The molecule has 1 amide bonds. The van der Waals surface area contributed by atoms with Gasteiger partial charge in [-0.2, -0.15) is 10.4 Å². The maximum absolute atomic E-state index is 13.1. The molecule has 0 atom stereocenters. The minimum atomic E-state index is -4.12. The quantitative estimate of drug-likeness (QED) is 0.214. The molecule has 0 saturated heterocycles. The normalized spacial score (nSPS) is 11.2. The molecule has 0 bridgehead atoms. The summed E-state index contributed by atoms with van der Waals surface area (Å²) in [5.74, 6) is 0.200. The Labute approximate surface area is 232 Å². The Morgan fingerprint density at radius 1 is 0.921 bits per heavy atom. The number of sulfonamides is 1. The third-order valence-electron chi connectivity index (χ3n) is 4.88. The lowest BCUT2D eigenvalue weighted by Gasteiger charge is -2.14. The lowest BCUT2D eigenvalue weighted by molar-refractivity contribution is -0.110. The molecular weight excluding hydrogens is 602 g/mol. The predicted molar refractivity (Wildman–Crippen MR) is 148 cm³/mol. The van der Waals surface area contributed by atoms with Crippen molar-refractivity contribution < 1.29 is 27.4 Å². The van der Waals surface area contributed by atoms with Crippen molar-refractivity contribution in [3.63, 3.8) is 0 Å². The molecule has 0 fully saturated rings. The summed E-state index contributed by atoms with van der Waals surface area (Å²) in [4.78, 5) is 12.3. The van der Waals surface area contributed by atoms with Gasteiger partial charge in [0.1, 0.15) is 28.2 Å². The average Bonchev–Trinajstić information content (AvgIpc) is 2.89. The van der Waals surface area contributed by atoms with Gasteiger partial charge in [-0.1, -0.05) is 11.6 Å². The van der Waals surface area contributed by atoms with E-state index in [0.29, 0.717) is 21.7 Å². The highest BCUT2D eigenvalue weighted by molar-refractivity contribution is 9.10. The summed E-state index contributed by atoms with van der Waals surface area (Å²) < 4.78 is 44.7. The number of rotatable bonds is 10. The summed E-state index contributed by atoms with van der Waals surface area (Å²) in [6.07, 6.45) is 0. The van der Waals surface area contributed by atoms with E-state index in [1.165, 1.54) is 51.7 Å². The van der Waals surface area contributed by atoms with Gasteiger partial charge in [0.05, 0.1) is 42.2 Å². The standard InChI is InChI=1S/C24H21BrClN5O6S/c1-35-20-7-6-16(10-17(20)25)31-38(33,34)23-12-15(5-9-22(23)37-3)29-30-19(13-27)24(32)28-14-4-8-21(36-2)18(26)11-14/h4-12,29,31H,1-3H3,(H,28,32)/b30-19-. The maximum atomic E-state index is 13.1. The minimum absolute atomic E-state index is 0.0641. The summed E-state index contributed by atoms with van der Waals surface area (Å²) in [6, 6.07) is 15.0. The Hall–Kier alpha value is -3.99. The number of hydrogen-bond acceptors (Lipinski definition) is 9. The van der Waals surface area contributed by atoms with Crippen LogP contribution in [-0.2, 0) is 14.8 Å². The Bertz CT molecular complexity index is 1540. The number of nitrogens with one attached hydrogen (secondary N) is 3. The van der Waals surface area contributed by atoms with Gasteiger partial charge >= 0.3 is 0 Å². The van der Waals surface area contributed by atoms with E-state index in [1.54, 1.807) is 30.3 Å². The van der Waals surface area contributed by atoms with Gasteiger partial charge in [0, 0.05) is 5.69 Å². The zero-order valence-electron chi connectivity index (χ0n) is 20.2. The van der Waals surface area contributed by atoms with Crippen molar-refractivity contribution in [3.8, 4) is 23.3 Å². The monoisotopic (exact) mass is 621 g/mol. The number of anilines is 3. The molecule has 0 aromatic heterocycles. The Morgan fingerprint density at radius 2 is 1.53 bits per heavy atom. The predicted octanol–water partition coefficient (Wildman–Crippen LogP) is 4.86. The first-order chi connectivity index (χ1) is 18.1. The number of hydrazone groups is 1. The molecule has 3 rings (SSSR count). The summed E-state index contributed by atoms with van der Waals surface area (Å²) >= 11 is 9.37. The van der Waals surface area contributed by atoms with Crippen LogP contribution in [0.1, 0.15) is 0 Å². The van der Waals surface area contributed by atoms with Crippen LogP contribution in [0.5, 0.6) is 17.2 Å². The van der Waals surface area contributed by atoms with Crippen LogP contribution >= 0.6 is 27.5 Å². The van der Waals surface area contributed by atoms with Crippen LogP contribution < -0.4 is 29.7 Å². The number of hydrogen-bond donors (Lipinski definition) is 3. The van der Waals surface area contributed by atoms with Crippen molar-refractivity contribution in [2.75, 3.05) is 36.8 Å². The summed E-state index contributed by atoms with van der Waals surface area (Å²) in [5, 5.41) is 16.0. The molecule has 0 saturated carbocycles. The molecule has 198 valence electrons. The first-order valence-corrected chi connectivity index (χ1v) is 13.2. The van der Waals surface area contributed by atoms with Crippen LogP contribution in [0.3, 0.4) is 0 Å². The highest BCUT2D eigenvalue weighted by Gasteiger charge is 2.21. The van der Waals surface area contributed by atoms with Crippen LogP contribution in [0.25, 0.3) is 0 Å². The first-order valence-electron chi connectivity index (χ1n) is 10.5. The van der Waals surface area contributed by atoms with E-state index in [2.05, 4.69) is 36.5 Å². The lowest BCUT2D eigenvalue weighted by atomic mass is 10.3. The van der Waals surface area contributed by atoms with E-state index in [-0.39, 0.29) is 27.0 Å². The molecule has 14 heteroatoms. The zero-order chi connectivity index (χ0) is 27.9. The van der Waals surface area contributed by atoms with Gasteiger partial charge in [-0.05, 0) is 70.5 Å². The van der Waals surface area contributed by atoms with Gasteiger partial charge in [0.25, 0.3) is 15.9 Å². The van der Waals surface area contributed by atoms with E-state index >= 15 is 0 Å². The largest absolute Gasteiger partial charge is 0.496 e. The fourth-order valence-electron chi connectivity index (χ4n) is 3.08. The van der Waals surface area contributed by atoms with E-state index in [9.17, 15) is 18.5 Å². The van der Waals surface area contributed by atoms with Crippen molar-refractivity contribution in [2.45, 2.75) is 4.90 Å². The summed E-state index contributed by atoms with van der Waals surface area (Å²) in [5.41, 5.74) is 2.78. The van der Waals surface area contributed by atoms with Gasteiger partial charge in [-0.25, -0.2) is 8.42 Å². The fourth-order valence-corrected chi connectivity index (χ4v) is 5.12. The maximum Gasteiger partial charge on any atom is 0.287 e. The topological polar surface area (TPSA) is 151 Å². The minimum Gasteiger partial charge on any atom is -0.496 e. The van der Waals surface area contributed by atoms with Crippen molar-refractivity contribution >= 4 is 66.2 Å². The van der Waals surface area contributed by atoms with Crippen LogP contribution in [0.2, 0.25) is 5.02 Å². The van der Waals surface area contributed by atoms with Crippen molar-refractivity contribution in [1.82, 2.24) is 0 Å². The number of methoxy groups -OCH3 is 3. The SMILES string of the molecule is COc1ccc(NC(=O)/C(C#N)=N\Nc2ccc(OC)c(S(=O)(=O)Nc3ccc(OC)c(Br)c3)c2)cc1Cl. The zero-order valence-corrected chi connectivity index (χ0v) is 23.4. The molecule has 38 heavy (non-hydrogen) atoms. The molecule has 0 aliphatic carbocycles. The Kier molecular flexibility index (Phi) is 9.40. The average molecular weight is 623 g/mol. The molecule has 3 aromatic rings. The molecule has 0 aliphatic heterocycles. The number of nitrogens with zero attached hydrogens (tertiary/aromatic N) is 2. The Balaban J connectivity index is 1.82. The van der Waals surface area contributed by atoms with Crippen LogP contribution in [0.15, 0.2) is 69.1 Å². The smallest absolute Gasteiger partial charge is 0.287 e. The van der Waals surface area contributed by atoms with Crippen LogP contribution in [0, 0.1) is 11.3 Å². The molecule has 3 N–H and O–H groups in total. The number of carbonyl (C=O) groups excluding carboxylic acids is 1. The van der Waals surface area contributed by atoms with Gasteiger partial charge in [0.2, 0.25) is 5.71 Å². The Morgan fingerprint density at radius 3 is 2.13 bits per heavy atom. The molecule has 0 aliphatic rings. The number of amides is 1. The number of carbonyl (C=O) groups is 1. The van der Waals surface area contributed by atoms with Gasteiger partial charge < -0.3 is 19.5 Å². The molecular formula is C24H21BrClN5O6S. The molecule has 11 nitrogen and oxygen atoms in total. The summed E-state index contributed by atoms with van der Waals surface area (Å²) in [7, 11) is 0.154. The van der Waals surface area contributed by atoms with E-state index < -0.39 is 21.6 Å². The number of halogens is 2. The van der Waals surface area contributed by atoms with Crippen molar-refractivity contribution in [3.05, 3.63) is 64.1 Å².